The van der Waals surface area contributed by atoms with E-state index in [-0.39, 0.29) is 12.5 Å². The largest absolute Gasteiger partial charge is 0.396 e. The van der Waals surface area contributed by atoms with Gasteiger partial charge in [-0.05, 0) is 24.1 Å². The molecule has 1 aromatic carbocycles. The molecule has 0 saturated carbocycles. The van der Waals surface area contributed by atoms with Crippen LogP contribution in [0.2, 0.25) is 0 Å². The highest BCUT2D eigenvalue weighted by Gasteiger charge is 2.05. The first-order valence-electron chi connectivity index (χ1n) is 4.30. The number of rotatable bonds is 2. The molecule has 2 nitrogen and oxygen atoms in total. The van der Waals surface area contributed by atoms with E-state index in [0.717, 1.165) is 11.1 Å². The molecule has 1 atom stereocenters. The zero-order valence-corrected chi connectivity index (χ0v) is 7.91. The number of nitrogens with zero attached hydrogens (tertiary/aromatic N) is 1. The normalized spacial score (nSPS) is 12.2. The first-order valence-corrected chi connectivity index (χ1v) is 4.30. The Labute approximate surface area is 78.4 Å². The van der Waals surface area contributed by atoms with Crippen LogP contribution in [0.4, 0.5) is 0 Å². The number of hydrogen-bond acceptors (Lipinski definition) is 2. The molecule has 0 amide bonds. The van der Waals surface area contributed by atoms with Gasteiger partial charge in [0.05, 0.1) is 11.6 Å². The number of aryl methyl sites for hydroxylation is 1. The van der Waals surface area contributed by atoms with E-state index in [1.165, 1.54) is 0 Å². The average Bonchev–Trinajstić information content (AvgIpc) is 2.16. The fourth-order valence-electron chi connectivity index (χ4n) is 1.22. The fourth-order valence-corrected chi connectivity index (χ4v) is 1.22. The van der Waals surface area contributed by atoms with E-state index >= 15 is 0 Å². The molecule has 0 aliphatic heterocycles. The minimum absolute atomic E-state index is 0.144. The first-order chi connectivity index (χ1) is 6.19. The van der Waals surface area contributed by atoms with Crippen LogP contribution in [0.15, 0.2) is 18.2 Å². The van der Waals surface area contributed by atoms with Crippen molar-refractivity contribution in [2.45, 2.75) is 19.8 Å². The van der Waals surface area contributed by atoms with Crippen molar-refractivity contribution in [2.75, 3.05) is 6.61 Å². The minimum atomic E-state index is 0.144. The Hall–Kier alpha value is -1.33. The molecule has 0 aliphatic rings. The van der Waals surface area contributed by atoms with Crippen LogP contribution < -0.4 is 0 Å². The lowest BCUT2D eigenvalue weighted by atomic mass is 9.98. The number of benzene rings is 1. The molecular formula is C11H13NO. The van der Waals surface area contributed by atoms with Crippen molar-refractivity contribution in [1.29, 1.82) is 5.26 Å². The van der Waals surface area contributed by atoms with Crippen LogP contribution >= 0.6 is 0 Å². The van der Waals surface area contributed by atoms with Gasteiger partial charge in [0.1, 0.15) is 0 Å². The first kappa shape index (κ1) is 9.76. The number of hydrogen-bond donors (Lipinski definition) is 1. The highest BCUT2D eigenvalue weighted by molar-refractivity contribution is 5.40. The Morgan fingerprint density at radius 3 is 2.69 bits per heavy atom. The van der Waals surface area contributed by atoms with Crippen LogP contribution in [0, 0.1) is 18.3 Å². The number of nitriles is 1. The van der Waals surface area contributed by atoms with E-state index in [4.69, 9.17) is 10.4 Å². The molecule has 68 valence electrons. The monoisotopic (exact) mass is 175 g/mol. The summed E-state index contributed by atoms with van der Waals surface area (Å²) in [7, 11) is 0. The van der Waals surface area contributed by atoms with Crippen molar-refractivity contribution in [3.05, 3.63) is 34.9 Å². The fraction of sp³-hybridized carbons (Fsp3) is 0.364. The van der Waals surface area contributed by atoms with E-state index in [1.54, 1.807) is 6.07 Å². The van der Waals surface area contributed by atoms with Crippen LogP contribution in [-0.2, 0) is 0 Å². The summed E-state index contributed by atoms with van der Waals surface area (Å²) in [5.74, 6) is 0.145. The molecule has 0 heterocycles. The van der Waals surface area contributed by atoms with Gasteiger partial charge in [-0.15, -0.1) is 0 Å². The molecule has 1 unspecified atom stereocenters. The molecule has 0 spiro atoms. The van der Waals surface area contributed by atoms with Crippen LogP contribution in [0.5, 0.6) is 0 Å². The van der Waals surface area contributed by atoms with E-state index in [9.17, 15) is 0 Å². The third-order valence-electron chi connectivity index (χ3n) is 2.21. The summed E-state index contributed by atoms with van der Waals surface area (Å²) in [5, 5.41) is 17.6. The summed E-state index contributed by atoms with van der Waals surface area (Å²) >= 11 is 0. The Kier molecular flexibility index (Phi) is 3.05. The second kappa shape index (κ2) is 4.06. The van der Waals surface area contributed by atoms with Gasteiger partial charge in [-0.1, -0.05) is 19.1 Å². The molecule has 2 heteroatoms. The Morgan fingerprint density at radius 1 is 1.54 bits per heavy atom. The van der Waals surface area contributed by atoms with Gasteiger partial charge in [-0.2, -0.15) is 5.26 Å². The quantitative estimate of drug-likeness (QED) is 0.746. The van der Waals surface area contributed by atoms with Crippen molar-refractivity contribution >= 4 is 0 Å². The molecule has 0 aliphatic carbocycles. The van der Waals surface area contributed by atoms with Crippen LogP contribution in [-0.4, -0.2) is 11.7 Å². The molecular weight excluding hydrogens is 162 g/mol. The lowest BCUT2D eigenvalue weighted by molar-refractivity contribution is 0.273. The second-order valence-corrected chi connectivity index (χ2v) is 3.27. The SMILES string of the molecule is Cc1cc(C(C)CO)ccc1C#N. The molecule has 0 fully saturated rings. The lowest BCUT2D eigenvalue weighted by Crippen LogP contribution is -1.99. The Bertz CT molecular complexity index is 338. The van der Waals surface area contributed by atoms with Gasteiger partial charge in [-0.25, -0.2) is 0 Å². The predicted molar refractivity (Wildman–Crippen MR) is 51.4 cm³/mol. The molecule has 1 aromatic rings. The van der Waals surface area contributed by atoms with Gasteiger partial charge in [0, 0.05) is 12.5 Å². The maximum Gasteiger partial charge on any atom is 0.0994 e. The average molecular weight is 175 g/mol. The lowest BCUT2D eigenvalue weighted by Gasteiger charge is -2.09. The van der Waals surface area contributed by atoms with Gasteiger partial charge in [-0.3, -0.25) is 0 Å². The third kappa shape index (κ3) is 2.07. The van der Waals surface area contributed by atoms with Crippen molar-refractivity contribution in [1.82, 2.24) is 0 Å². The summed E-state index contributed by atoms with van der Waals surface area (Å²) < 4.78 is 0. The molecule has 0 aromatic heterocycles. The van der Waals surface area contributed by atoms with Gasteiger partial charge < -0.3 is 5.11 Å². The summed E-state index contributed by atoms with van der Waals surface area (Å²) in [4.78, 5) is 0. The van der Waals surface area contributed by atoms with Gasteiger partial charge in [0.15, 0.2) is 0 Å². The summed E-state index contributed by atoms with van der Waals surface area (Å²) in [6.07, 6.45) is 0. The maximum absolute atomic E-state index is 8.94. The van der Waals surface area contributed by atoms with Gasteiger partial charge >= 0.3 is 0 Å². The predicted octanol–water partition coefficient (Wildman–Crippen LogP) is 1.96. The van der Waals surface area contributed by atoms with Crippen molar-refractivity contribution in [3.8, 4) is 6.07 Å². The van der Waals surface area contributed by atoms with E-state index < -0.39 is 0 Å². The third-order valence-corrected chi connectivity index (χ3v) is 2.21. The number of aliphatic hydroxyl groups excluding tert-OH is 1. The van der Waals surface area contributed by atoms with Gasteiger partial charge in [0.2, 0.25) is 0 Å². The number of aliphatic hydroxyl groups is 1. The molecule has 0 bridgehead atoms. The van der Waals surface area contributed by atoms with Crippen molar-refractivity contribution in [3.63, 3.8) is 0 Å². The zero-order valence-electron chi connectivity index (χ0n) is 7.91. The molecule has 1 rings (SSSR count). The van der Waals surface area contributed by atoms with Gasteiger partial charge in [0.25, 0.3) is 0 Å². The van der Waals surface area contributed by atoms with Crippen molar-refractivity contribution in [2.24, 2.45) is 0 Å². The molecule has 0 saturated heterocycles. The zero-order chi connectivity index (χ0) is 9.84. The summed E-state index contributed by atoms with van der Waals surface area (Å²) in [6.45, 7) is 4.01. The molecule has 0 radical (unpaired) electrons. The molecule has 13 heavy (non-hydrogen) atoms. The topological polar surface area (TPSA) is 44.0 Å². The second-order valence-electron chi connectivity index (χ2n) is 3.27. The smallest absolute Gasteiger partial charge is 0.0994 e. The minimum Gasteiger partial charge on any atom is -0.396 e. The highest BCUT2D eigenvalue weighted by Crippen LogP contribution is 2.17. The van der Waals surface area contributed by atoms with E-state index in [1.807, 2.05) is 26.0 Å². The maximum atomic E-state index is 8.94. The Balaban J connectivity index is 3.04. The summed E-state index contributed by atoms with van der Waals surface area (Å²) in [5.41, 5.74) is 2.76. The van der Waals surface area contributed by atoms with Crippen LogP contribution in [0.25, 0.3) is 0 Å². The highest BCUT2D eigenvalue weighted by atomic mass is 16.3. The van der Waals surface area contributed by atoms with Crippen LogP contribution in [0.1, 0.15) is 29.5 Å². The summed E-state index contributed by atoms with van der Waals surface area (Å²) in [6, 6.07) is 7.77. The standard InChI is InChI=1S/C11H13NO/c1-8-5-10(9(2)7-13)3-4-11(8)6-12/h3-5,9,13H,7H2,1-2H3. The van der Waals surface area contributed by atoms with E-state index in [2.05, 4.69) is 6.07 Å². The Morgan fingerprint density at radius 2 is 2.23 bits per heavy atom. The van der Waals surface area contributed by atoms with E-state index in [0.29, 0.717) is 5.56 Å². The van der Waals surface area contributed by atoms with Crippen LogP contribution in [0.3, 0.4) is 0 Å². The molecule has 1 N–H and O–H groups in total. The van der Waals surface area contributed by atoms with Crippen molar-refractivity contribution < 1.29 is 5.11 Å².